The molecule has 0 aliphatic rings. The lowest BCUT2D eigenvalue weighted by Crippen LogP contribution is -1.91. The monoisotopic (exact) mass is 235 g/mol. The van der Waals surface area contributed by atoms with Crippen molar-refractivity contribution in [1.29, 1.82) is 0 Å². The van der Waals surface area contributed by atoms with Crippen LogP contribution in [0.3, 0.4) is 0 Å². The third-order valence-electron chi connectivity index (χ3n) is 1.44. The molecule has 0 unspecified atom stereocenters. The summed E-state index contributed by atoms with van der Waals surface area (Å²) >= 11 is 11.2. The molecule has 0 N–H and O–H groups in total. The minimum atomic E-state index is -0.586. The highest BCUT2D eigenvalue weighted by atomic mass is 35.5. The molecule has 0 bridgehead atoms. The summed E-state index contributed by atoms with van der Waals surface area (Å²) in [6, 6.07) is 3.10. The van der Waals surface area contributed by atoms with E-state index in [1.807, 2.05) is 13.8 Å². The van der Waals surface area contributed by atoms with Gasteiger partial charge in [-0.2, -0.15) is 0 Å². The van der Waals surface area contributed by atoms with Gasteiger partial charge in [-0.25, -0.2) is 0 Å². The van der Waals surface area contributed by atoms with Crippen molar-refractivity contribution < 1.29 is 4.92 Å². The van der Waals surface area contributed by atoms with Gasteiger partial charge in [0.15, 0.2) is 0 Å². The Morgan fingerprint density at radius 2 is 1.79 bits per heavy atom. The van der Waals surface area contributed by atoms with Crippen LogP contribution in [0.25, 0.3) is 0 Å². The van der Waals surface area contributed by atoms with Crippen molar-refractivity contribution >= 4 is 28.9 Å². The second-order valence-corrected chi connectivity index (χ2v) is 3.07. The largest absolute Gasteiger partial charge is 0.306 e. The molecule has 0 aliphatic heterocycles. The molecule has 0 amide bonds. The van der Waals surface area contributed by atoms with Gasteiger partial charge in [-0.3, -0.25) is 10.1 Å². The van der Waals surface area contributed by atoms with Crippen LogP contribution in [0.15, 0.2) is 12.1 Å². The van der Waals surface area contributed by atoms with Crippen LogP contribution in [-0.2, 0) is 0 Å². The summed E-state index contributed by atoms with van der Waals surface area (Å²) in [5.41, 5.74) is 0.422. The van der Waals surface area contributed by atoms with Gasteiger partial charge in [0.25, 0.3) is 0 Å². The molecule has 78 valence electrons. The summed E-state index contributed by atoms with van der Waals surface area (Å²) in [7, 11) is 0. The Kier molecular flexibility index (Phi) is 5.50. The van der Waals surface area contributed by atoms with Gasteiger partial charge >= 0.3 is 5.69 Å². The molecule has 1 rings (SSSR count). The van der Waals surface area contributed by atoms with Gasteiger partial charge < -0.3 is 0 Å². The Labute approximate surface area is 92.8 Å². The van der Waals surface area contributed by atoms with Gasteiger partial charge in [0.2, 0.25) is 0 Å². The van der Waals surface area contributed by atoms with Crippen molar-refractivity contribution in [3.63, 3.8) is 0 Å². The number of halogens is 2. The molecular formula is C9H11Cl2NO2. The van der Waals surface area contributed by atoms with E-state index in [4.69, 9.17) is 23.2 Å². The Balaban J connectivity index is 0.000000791. The lowest BCUT2D eigenvalue weighted by molar-refractivity contribution is -0.384. The van der Waals surface area contributed by atoms with Gasteiger partial charge in [0.05, 0.1) is 4.92 Å². The minimum Gasteiger partial charge on any atom is -0.258 e. The fraction of sp³-hybridized carbons (Fsp3) is 0.333. The number of hydrogen-bond donors (Lipinski definition) is 0. The second kappa shape index (κ2) is 5.83. The zero-order chi connectivity index (χ0) is 11.3. The SMILES string of the molecule is CC.Cc1ccc(Cl)c([N+](=O)[O-])c1Cl. The van der Waals surface area contributed by atoms with Crippen LogP contribution in [0.1, 0.15) is 19.4 Å². The summed E-state index contributed by atoms with van der Waals surface area (Å²) in [5, 5.41) is 10.6. The maximum Gasteiger partial charge on any atom is 0.306 e. The van der Waals surface area contributed by atoms with E-state index in [1.54, 1.807) is 13.0 Å². The summed E-state index contributed by atoms with van der Waals surface area (Å²) in [5.74, 6) is 0. The molecule has 0 spiro atoms. The van der Waals surface area contributed by atoms with Crippen molar-refractivity contribution in [3.05, 3.63) is 37.9 Å². The van der Waals surface area contributed by atoms with Crippen LogP contribution in [0.5, 0.6) is 0 Å². The number of rotatable bonds is 1. The number of aryl methyl sites for hydroxylation is 1. The van der Waals surface area contributed by atoms with Crippen LogP contribution < -0.4 is 0 Å². The number of hydrogen-bond acceptors (Lipinski definition) is 2. The van der Waals surface area contributed by atoms with E-state index in [2.05, 4.69) is 0 Å². The fourth-order valence-electron chi connectivity index (χ4n) is 0.809. The quantitative estimate of drug-likeness (QED) is 0.540. The molecule has 1 aromatic rings. The molecule has 0 fully saturated rings. The molecule has 5 heteroatoms. The summed E-state index contributed by atoms with van der Waals surface area (Å²) in [6.45, 7) is 5.69. The Bertz CT molecular complexity index is 340. The average Bonchev–Trinajstić information content (AvgIpc) is 2.15. The zero-order valence-electron chi connectivity index (χ0n) is 8.17. The number of benzene rings is 1. The van der Waals surface area contributed by atoms with E-state index >= 15 is 0 Å². The summed E-state index contributed by atoms with van der Waals surface area (Å²) < 4.78 is 0. The smallest absolute Gasteiger partial charge is 0.258 e. The standard InChI is InChI=1S/C7H5Cl2NO2.C2H6/c1-4-2-3-5(8)7(6(4)9)10(11)12;1-2/h2-3H,1H3;1-2H3. The van der Waals surface area contributed by atoms with E-state index in [0.29, 0.717) is 5.56 Å². The van der Waals surface area contributed by atoms with Crippen molar-refractivity contribution in [3.8, 4) is 0 Å². The first-order chi connectivity index (χ1) is 6.54. The van der Waals surface area contributed by atoms with E-state index in [-0.39, 0.29) is 15.7 Å². The maximum absolute atomic E-state index is 10.4. The maximum atomic E-state index is 10.4. The molecule has 14 heavy (non-hydrogen) atoms. The van der Waals surface area contributed by atoms with Crippen LogP contribution in [0.4, 0.5) is 5.69 Å². The van der Waals surface area contributed by atoms with Gasteiger partial charge in [-0.1, -0.05) is 43.1 Å². The van der Waals surface area contributed by atoms with Crippen LogP contribution in [-0.4, -0.2) is 4.92 Å². The lowest BCUT2D eigenvalue weighted by atomic mass is 10.2. The highest BCUT2D eigenvalue weighted by molar-refractivity contribution is 6.38. The van der Waals surface area contributed by atoms with Crippen molar-refractivity contribution in [2.75, 3.05) is 0 Å². The second-order valence-electron chi connectivity index (χ2n) is 2.28. The predicted molar refractivity (Wildman–Crippen MR) is 59.2 cm³/mol. The first kappa shape index (κ1) is 13.2. The molecule has 1 aromatic carbocycles. The Hall–Kier alpha value is -0.800. The Morgan fingerprint density at radius 1 is 1.29 bits per heavy atom. The average molecular weight is 236 g/mol. The topological polar surface area (TPSA) is 43.1 Å². The zero-order valence-corrected chi connectivity index (χ0v) is 9.69. The summed E-state index contributed by atoms with van der Waals surface area (Å²) in [6.07, 6.45) is 0. The highest BCUT2D eigenvalue weighted by Gasteiger charge is 2.18. The molecule has 0 aromatic heterocycles. The predicted octanol–water partition coefficient (Wildman–Crippen LogP) is 4.24. The number of nitrogens with zero attached hydrogens (tertiary/aromatic N) is 1. The van der Waals surface area contributed by atoms with Crippen LogP contribution in [0.2, 0.25) is 10.0 Å². The highest BCUT2D eigenvalue weighted by Crippen LogP contribution is 2.34. The lowest BCUT2D eigenvalue weighted by Gasteiger charge is -1.99. The van der Waals surface area contributed by atoms with Gasteiger partial charge in [-0.15, -0.1) is 0 Å². The van der Waals surface area contributed by atoms with Gasteiger partial charge in [-0.05, 0) is 18.6 Å². The van der Waals surface area contributed by atoms with Crippen LogP contribution in [0, 0.1) is 17.0 Å². The van der Waals surface area contributed by atoms with Crippen molar-refractivity contribution in [2.24, 2.45) is 0 Å². The van der Waals surface area contributed by atoms with Crippen LogP contribution >= 0.6 is 23.2 Å². The molecule has 0 atom stereocenters. The van der Waals surface area contributed by atoms with E-state index in [9.17, 15) is 10.1 Å². The van der Waals surface area contributed by atoms with Crippen molar-refractivity contribution in [2.45, 2.75) is 20.8 Å². The van der Waals surface area contributed by atoms with Crippen molar-refractivity contribution in [1.82, 2.24) is 0 Å². The molecule has 0 heterocycles. The third-order valence-corrected chi connectivity index (χ3v) is 2.22. The Morgan fingerprint density at radius 3 is 2.14 bits per heavy atom. The molecule has 0 radical (unpaired) electrons. The van der Waals surface area contributed by atoms with E-state index < -0.39 is 4.92 Å². The van der Waals surface area contributed by atoms with E-state index in [0.717, 1.165) is 0 Å². The normalized spacial score (nSPS) is 8.93. The first-order valence-electron chi connectivity index (χ1n) is 4.13. The first-order valence-corrected chi connectivity index (χ1v) is 4.88. The number of nitro benzene ring substituents is 1. The fourth-order valence-corrected chi connectivity index (χ4v) is 1.32. The third kappa shape index (κ3) is 2.86. The molecule has 3 nitrogen and oxygen atoms in total. The van der Waals surface area contributed by atoms with E-state index in [1.165, 1.54) is 6.07 Å². The molecular weight excluding hydrogens is 225 g/mol. The van der Waals surface area contributed by atoms with Gasteiger partial charge in [0.1, 0.15) is 10.0 Å². The molecule has 0 saturated carbocycles. The molecule has 0 aliphatic carbocycles. The minimum absolute atomic E-state index is 0.0654. The number of nitro groups is 1. The molecule has 0 saturated heterocycles. The van der Waals surface area contributed by atoms with Gasteiger partial charge in [0, 0.05) is 0 Å². The summed E-state index contributed by atoms with van der Waals surface area (Å²) in [4.78, 5) is 9.85.